The molecule has 0 atom stereocenters. The molecule has 0 saturated carbocycles. The minimum Gasteiger partial charge on any atom is -0.326 e. The molecule has 1 aromatic rings. The van der Waals surface area contributed by atoms with Crippen molar-refractivity contribution in [2.75, 3.05) is 25.4 Å². The van der Waals surface area contributed by atoms with E-state index in [0.717, 1.165) is 5.56 Å². The van der Waals surface area contributed by atoms with Crippen molar-refractivity contribution in [2.24, 2.45) is 5.73 Å². The molecule has 16 heavy (non-hydrogen) atoms. The summed E-state index contributed by atoms with van der Waals surface area (Å²) in [7, 11) is 1.09. The Kier molecular flexibility index (Phi) is 3.90. The molecule has 90 valence electrons. The molecule has 0 aromatic heterocycles. The summed E-state index contributed by atoms with van der Waals surface area (Å²) >= 11 is 0. The van der Waals surface area contributed by atoms with E-state index in [1.165, 1.54) is 29.8 Å². The predicted molar refractivity (Wildman–Crippen MR) is 65.3 cm³/mol. The van der Waals surface area contributed by atoms with E-state index >= 15 is 0 Å². The lowest BCUT2D eigenvalue weighted by Gasteiger charge is -2.23. The molecule has 0 heterocycles. The SMILES string of the molecule is CN(C)S(=O)(=O)N(C)c1cccc(CN)c1. The summed E-state index contributed by atoms with van der Waals surface area (Å²) in [5.74, 6) is 0. The zero-order chi connectivity index (χ0) is 12.3. The lowest BCUT2D eigenvalue weighted by Crippen LogP contribution is -2.37. The highest BCUT2D eigenvalue weighted by molar-refractivity contribution is 7.90. The molecule has 0 aliphatic heterocycles. The summed E-state index contributed by atoms with van der Waals surface area (Å²) in [5.41, 5.74) is 7.02. The van der Waals surface area contributed by atoms with E-state index in [2.05, 4.69) is 0 Å². The molecule has 0 amide bonds. The van der Waals surface area contributed by atoms with Crippen molar-refractivity contribution >= 4 is 15.9 Å². The second kappa shape index (κ2) is 4.82. The van der Waals surface area contributed by atoms with Gasteiger partial charge in [-0.1, -0.05) is 12.1 Å². The van der Waals surface area contributed by atoms with Crippen LogP contribution in [0.15, 0.2) is 24.3 Å². The average Bonchev–Trinajstić information content (AvgIpc) is 2.27. The van der Waals surface area contributed by atoms with Crippen molar-refractivity contribution in [2.45, 2.75) is 6.54 Å². The van der Waals surface area contributed by atoms with E-state index in [4.69, 9.17) is 5.73 Å². The Bertz CT molecular complexity index is 457. The van der Waals surface area contributed by atoms with Gasteiger partial charge in [-0.05, 0) is 17.7 Å². The highest BCUT2D eigenvalue weighted by Gasteiger charge is 2.20. The lowest BCUT2D eigenvalue weighted by molar-refractivity contribution is 0.519. The molecule has 0 spiro atoms. The summed E-state index contributed by atoms with van der Waals surface area (Å²) in [6.45, 7) is 0.393. The highest BCUT2D eigenvalue weighted by Crippen LogP contribution is 2.18. The third-order valence-electron chi connectivity index (χ3n) is 2.32. The van der Waals surface area contributed by atoms with Gasteiger partial charge in [-0.2, -0.15) is 12.7 Å². The first-order chi connectivity index (χ1) is 7.39. The lowest BCUT2D eigenvalue weighted by atomic mass is 10.2. The van der Waals surface area contributed by atoms with Crippen LogP contribution in [0.4, 0.5) is 5.69 Å². The van der Waals surface area contributed by atoms with Crippen molar-refractivity contribution in [3.8, 4) is 0 Å². The standard InChI is InChI=1S/C10H17N3O2S/c1-12(2)16(14,15)13(3)10-6-4-5-9(7-10)8-11/h4-7H,8,11H2,1-3H3. The molecule has 5 nitrogen and oxygen atoms in total. The topological polar surface area (TPSA) is 66.6 Å². The smallest absolute Gasteiger partial charge is 0.303 e. The van der Waals surface area contributed by atoms with Crippen LogP contribution in [-0.2, 0) is 16.8 Å². The molecule has 0 radical (unpaired) electrons. The van der Waals surface area contributed by atoms with Gasteiger partial charge in [0.2, 0.25) is 0 Å². The fraction of sp³-hybridized carbons (Fsp3) is 0.400. The molecule has 0 bridgehead atoms. The number of anilines is 1. The zero-order valence-electron chi connectivity index (χ0n) is 9.71. The van der Waals surface area contributed by atoms with E-state index in [0.29, 0.717) is 12.2 Å². The van der Waals surface area contributed by atoms with Gasteiger partial charge in [0, 0.05) is 27.7 Å². The summed E-state index contributed by atoms with van der Waals surface area (Å²) in [6, 6.07) is 7.15. The van der Waals surface area contributed by atoms with Crippen LogP contribution in [0, 0.1) is 0 Å². The van der Waals surface area contributed by atoms with E-state index in [9.17, 15) is 8.42 Å². The molecule has 1 aromatic carbocycles. The van der Waals surface area contributed by atoms with Crippen molar-refractivity contribution in [3.05, 3.63) is 29.8 Å². The quantitative estimate of drug-likeness (QED) is 0.831. The summed E-state index contributed by atoms with van der Waals surface area (Å²) in [5, 5.41) is 0. The predicted octanol–water partition coefficient (Wildman–Crippen LogP) is 0.388. The van der Waals surface area contributed by atoms with Crippen LogP contribution in [0.1, 0.15) is 5.56 Å². The molecule has 0 saturated heterocycles. The van der Waals surface area contributed by atoms with Crippen molar-refractivity contribution in [3.63, 3.8) is 0 Å². The normalized spacial score (nSPS) is 11.8. The third kappa shape index (κ3) is 2.52. The Balaban J connectivity index is 3.10. The number of rotatable bonds is 4. The highest BCUT2D eigenvalue weighted by atomic mass is 32.2. The molecular formula is C10H17N3O2S. The maximum Gasteiger partial charge on any atom is 0.303 e. The Morgan fingerprint density at radius 2 is 1.88 bits per heavy atom. The van der Waals surface area contributed by atoms with E-state index in [-0.39, 0.29) is 0 Å². The molecule has 0 fully saturated rings. The fourth-order valence-corrected chi connectivity index (χ4v) is 2.13. The number of hydrogen-bond donors (Lipinski definition) is 1. The first-order valence-electron chi connectivity index (χ1n) is 4.85. The van der Waals surface area contributed by atoms with E-state index < -0.39 is 10.2 Å². The minimum absolute atomic E-state index is 0.393. The van der Waals surface area contributed by atoms with Crippen LogP contribution >= 0.6 is 0 Å². The largest absolute Gasteiger partial charge is 0.326 e. The van der Waals surface area contributed by atoms with Crippen LogP contribution in [0.2, 0.25) is 0 Å². The number of hydrogen-bond acceptors (Lipinski definition) is 3. The van der Waals surface area contributed by atoms with Crippen molar-refractivity contribution < 1.29 is 8.42 Å². The molecule has 0 aliphatic rings. The van der Waals surface area contributed by atoms with Gasteiger partial charge in [-0.3, -0.25) is 4.31 Å². The van der Waals surface area contributed by atoms with Crippen molar-refractivity contribution in [1.82, 2.24) is 4.31 Å². The molecule has 0 aliphatic carbocycles. The van der Waals surface area contributed by atoms with Gasteiger partial charge >= 0.3 is 10.2 Å². The number of nitrogens with two attached hydrogens (primary N) is 1. The van der Waals surface area contributed by atoms with Crippen LogP contribution in [0.3, 0.4) is 0 Å². The maximum atomic E-state index is 11.9. The van der Waals surface area contributed by atoms with Crippen molar-refractivity contribution in [1.29, 1.82) is 0 Å². The number of benzene rings is 1. The van der Waals surface area contributed by atoms with Crippen LogP contribution in [0.5, 0.6) is 0 Å². The van der Waals surface area contributed by atoms with E-state index in [1.807, 2.05) is 6.07 Å². The third-order valence-corrected chi connectivity index (χ3v) is 4.14. The first kappa shape index (κ1) is 13.0. The van der Waals surface area contributed by atoms with Gasteiger partial charge in [-0.15, -0.1) is 0 Å². The van der Waals surface area contributed by atoms with Crippen LogP contribution < -0.4 is 10.0 Å². The Hall–Kier alpha value is -1.11. The molecule has 1 rings (SSSR count). The maximum absolute atomic E-state index is 11.9. The molecule has 2 N–H and O–H groups in total. The first-order valence-corrected chi connectivity index (χ1v) is 6.24. The summed E-state index contributed by atoms with van der Waals surface area (Å²) in [6.07, 6.45) is 0. The van der Waals surface area contributed by atoms with Gasteiger partial charge in [0.05, 0.1) is 5.69 Å². The monoisotopic (exact) mass is 243 g/mol. The van der Waals surface area contributed by atoms with Crippen LogP contribution in [-0.4, -0.2) is 33.9 Å². The van der Waals surface area contributed by atoms with Gasteiger partial charge in [0.25, 0.3) is 0 Å². The summed E-state index contributed by atoms with van der Waals surface area (Å²) in [4.78, 5) is 0. The van der Waals surface area contributed by atoms with Gasteiger partial charge in [-0.25, -0.2) is 0 Å². The summed E-state index contributed by atoms with van der Waals surface area (Å²) < 4.78 is 26.1. The van der Waals surface area contributed by atoms with Crippen LogP contribution in [0.25, 0.3) is 0 Å². The Labute approximate surface area is 96.6 Å². The average molecular weight is 243 g/mol. The molecule has 6 heteroatoms. The second-order valence-corrected chi connectivity index (χ2v) is 5.81. The second-order valence-electron chi connectivity index (χ2n) is 3.63. The molecular weight excluding hydrogens is 226 g/mol. The van der Waals surface area contributed by atoms with E-state index in [1.54, 1.807) is 18.2 Å². The minimum atomic E-state index is -3.43. The zero-order valence-corrected chi connectivity index (χ0v) is 10.5. The Morgan fingerprint density at radius 1 is 1.25 bits per heavy atom. The Morgan fingerprint density at radius 3 is 2.38 bits per heavy atom. The molecule has 0 unspecified atom stereocenters. The van der Waals surface area contributed by atoms with Gasteiger partial charge in [0.1, 0.15) is 0 Å². The van der Waals surface area contributed by atoms with Gasteiger partial charge in [0.15, 0.2) is 0 Å². The fourth-order valence-electron chi connectivity index (χ4n) is 1.26. The number of nitrogens with zero attached hydrogens (tertiary/aromatic N) is 2. The van der Waals surface area contributed by atoms with Gasteiger partial charge < -0.3 is 5.73 Å².